The van der Waals surface area contributed by atoms with E-state index in [9.17, 15) is 14.4 Å². The van der Waals surface area contributed by atoms with Crippen LogP contribution in [-0.2, 0) is 6.54 Å². The van der Waals surface area contributed by atoms with Crippen molar-refractivity contribution >= 4 is 22.6 Å². The standard InChI is InChI=1S/C20H16N2O4/c1-26-14-6-7-15-13(12-14)8-9-21(18(15)23)10-11-22-19(24)16-4-2-3-5-17(16)20(22)25/h2-9,12H,10-11H2,1H3. The number of amides is 2. The van der Waals surface area contributed by atoms with E-state index in [4.69, 9.17) is 4.74 Å². The molecular weight excluding hydrogens is 332 g/mol. The van der Waals surface area contributed by atoms with Gasteiger partial charge in [0.1, 0.15) is 5.75 Å². The number of pyridine rings is 1. The summed E-state index contributed by atoms with van der Waals surface area (Å²) in [6.07, 6.45) is 1.67. The Bertz CT molecular complexity index is 1070. The van der Waals surface area contributed by atoms with Gasteiger partial charge in [0.25, 0.3) is 17.4 Å². The van der Waals surface area contributed by atoms with Gasteiger partial charge in [0, 0.05) is 24.7 Å². The smallest absolute Gasteiger partial charge is 0.261 e. The molecule has 0 N–H and O–H groups in total. The minimum absolute atomic E-state index is 0.147. The Morgan fingerprint density at radius 3 is 2.23 bits per heavy atom. The fourth-order valence-corrected chi connectivity index (χ4v) is 3.22. The van der Waals surface area contributed by atoms with Crippen LogP contribution >= 0.6 is 0 Å². The SMILES string of the molecule is COc1ccc2c(=O)n(CCN3C(=O)c4ccccc4C3=O)ccc2c1. The van der Waals surface area contributed by atoms with Crippen molar-refractivity contribution in [2.24, 2.45) is 0 Å². The summed E-state index contributed by atoms with van der Waals surface area (Å²) in [6.45, 7) is 0.389. The molecule has 2 amide bonds. The molecule has 1 aliphatic heterocycles. The summed E-state index contributed by atoms with van der Waals surface area (Å²) in [5.41, 5.74) is 0.660. The summed E-state index contributed by atoms with van der Waals surface area (Å²) in [4.78, 5) is 38.6. The highest BCUT2D eigenvalue weighted by atomic mass is 16.5. The number of imide groups is 1. The molecule has 0 unspecified atom stereocenters. The zero-order chi connectivity index (χ0) is 18.3. The first-order valence-electron chi connectivity index (χ1n) is 8.22. The molecule has 26 heavy (non-hydrogen) atoms. The van der Waals surface area contributed by atoms with Gasteiger partial charge in [0.2, 0.25) is 0 Å². The third-order valence-corrected chi connectivity index (χ3v) is 4.63. The number of aromatic nitrogens is 1. The second kappa shape index (κ2) is 6.15. The van der Waals surface area contributed by atoms with Gasteiger partial charge >= 0.3 is 0 Å². The van der Waals surface area contributed by atoms with E-state index in [1.165, 1.54) is 9.47 Å². The highest BCUT2D eigenvalue weighted by Gasteiger charge is 2.34. The average molecular weight is 348 g/mol. The lowest BCUT2D eigenvalue weighted by Crippen LogP contribution is -2.35. The van der Waals surface area contributed by atoms with Gasteiger partial charge in [-0.1, -0.05) is 12.1 Å². The number of hydrogen-bond donors (Lipinski definition) is 0. The molecule has 2 aromatic carbocycles. The van der Waals surface area contributed by atoms with Crippen molar-refractivity contribution in [2.45, 2.75) is 6.54 Å². The molecule has 1 aromatic heterocycles. The number of fused-ring (bicyclic) bond motifs is 2. The van der Waals surface area contributed by atoms with Crippen LogP contribution in [0.2, 0.25) is 0 Å². The van der Waals surface area contributed by atoms with Crippen molar-refractivity contribution in [1.29, 1.82) is 0 Å². The number of carbonyl (C=O) groups is 2. The van der Waals surface area contributed by atoms with Gasteiger partial charge < -0.3 is 9.30 Å². The molecule has 130 valence electrons. The van der Waals surface area contributed by atoms with Crippen LogP contribution in [0.3, 0.4) is 0 Å². The van der Waals surface area contributed by atoms with Crippen LogP contribution < -0.4 is 10.3 Å². The largest absolute Gasteiger partial charge is 0.497 e. The predicted molar refractivity (Wildman–Crippen MR) is 96.6 cm³/mol. The van der Waals surface area contributed by atoms with Crippen LogP contribution in [0.25, 0.3) is 10.8 Å². The Morgan fingerprint density at radius 2 is 1.58 bits per heavy atom. The summed E-state index contributed by atoms with van der Waals surface area (Å²) in [5, 5.41) is 1.35. The monoisotopic (exact) mass is 348 g/mol. The molecule has 0 spiro atoms. The van der Waals surface area contributed by atoms with E-state index in [-0.39, 0.29) is 30.5 Å². The minimum Gasteiger partial charge on any atom is -0.497 e. The molecule has 0 bridgehead atoms. The molecule has 2 heterocycles. The van der Waals surface area contributed by atoms with E-state index in [1.807, 2.05) is 6.07 Å². The summed E-state index contributed by atoms with van der Waals surface area (Å²) < 4.78 is 6.68. The third-order valence-electron chi connectivity index (χ3n) is 4.63. The first kappa shape index (κ1) is 16.1. The van der Waals surface area contributed by atoms with Gasteiger partial charge in [-0.15, -0.1) is 0 Å². The van der Waals surface area contributed by atoms with Crippen molar-refractivity contribution < 1.29 is 14.3 Å². The maximum atomic E-state index is 12.6. The normalized spacial score (nSPS) is 13.3. The van der Waals surface area contributed by atoms with Crippen molar-refractivity contribution in [1.82, 2.24) is 9.47 Å². The van der Waals surface area contributed by atoms with Gasteiger partial charge in [-0.25, -0.2) is 0 Å². The van der Waals surface area contributed by atoms with E-state index >= 15 is 0 Å². The summed E-state index contributed by atoms with van der Waals surface area (Å²) in [7, 11) is 1.57. The molecule has 6 nitrogen and oxygen atoms in total. The molecule has 6 heteroatoms. The lowest BCUT2D eigenvalue weighted by molar-refractivity contribution is 0.0648. The van der Waals surface area contributed by atoms with Crippen molar-refractivity contribution in [3.05, 3.63) is 76.2 Å². The van der Waals surface area contributed by atoms with Crippen molar-refractivity contribution in [2.75, 3.05) is 13.7 Å². The molecule has 0 saturated heterocycles. The molecule has 1 aliphatic rings. The average Bonchev–Trinajstić information content (AvgIpc) is 2.92. The van der Waals surface area contributed by atoms with E-state index in [1.54, 1.807) is 55.8 Å². The number of carbonyl (C=O) groups excluding carboxylic acids is 2. The Kier molecular flexibility index (Phi) is 3.80. The number of ether oxygens (including phenoxy) is 1. The van der Waals surface area contributed by atoms with Gasteiger partial charge in [0.15, 0.2) is 0 Å². The van der Waals surface area contributed by atoms with E-state index < -0.39 is 0 Å². The minimum atomic E-state index is -0.316. The number of benzene rings is 2. The maximum Gasteiger partial charge on any atom is 0.261 e. The number of nitrogens with zero attached hydrogens (tertiary/aromatic N) is 2. The topological polar surface area (TPSA) is 68.6 Å². The second-order valence-electron chi connectivity index (χ2n) is 6.07. The van der Waals surface area contributed by atoms with Crippen LogP contribution in [0.1, 0.15) is 20.7 Å². The maximum absolute atomic E-state index is 12.6. The lowest BCUT2D eigenvalue weighted by atomic mass is 10.1. The molecule has 4 rings (SSSR count). The van der Waals surface area contributed by atoms with Crippen LogP contribution in [0, 0.1) is 0 Å². The van der Waals surface area contributed by atoms with E-state index in [0.717, 1.165) is 5.39 Å². The number of methoxy groups -OCH3 is 1. The lowest BCUT2D eigenvalue weighted by Gasteiger charge is -2.15. The molecule has 0 atom stereocenters. The first-order valence-corrected chi connectivity index (χ1v) is 8.22. The molecule has 0 fully saturated rings. The summed E-state index contributed by atoms with van der Waals surface area (Å²) in [5.74, 6) is 0.0500. The molecule has 0 aliphatic carbocycles. The van der Waals surface area contributed by atoms with Crippen molar-refractivity contribution in [3.8, 4) is 5.75 Å². The van der Waals surface area contributed by atoms with E-state index in [0.29, 0.717) is 22.3 Å². The molecule has 0 saturated carbocycles. The quantitative estimate of drug-likeness (QED) is 0.679. The Labute approximate surface area is 149 Å². The van der Waals surface area contributed by atoms with Gasteiger partial charge in [-0.2, -0.15) is 0 Å². The van der Waals surface area contributed by atoms with Gasteiger partial charge in [-0.05, 0) is 41.8 Å². The highest BCUT2D eigenvalue weighted by molar-refractivity contribution is 6.21. The Balaban J connectivity index is 1.59. The van der Waals surface area contributed by atoms with Crippen LogP contribution in [-0.4, -0.2) is 34.9 Å². The molecule has 3 aromatic rings. The van der Waals surface area contributed by atoms with Crippen LogP contribution in [0.15, 0.2) is 59.5 Å². The predicted octanol–water partition coefficient (Wildman–Crippen LogP) is 2.31. The fraction of sp³-hybridized carbons (Fsp3) is 0.150. The van der Waals surface area contributed by atoms with Crippen LogP contribution in [0.5, 0.6) is 5.75 Å². The summed E-state index contributed by atoms with van der Waals surface area (Å²) in [6, 6.07) is 13.8. The molecular formula is C20H16N2O4. The highest BCUT2D eigenvalue weighted by Crippen LogP contribution is 2.22. The van der Waals surface area contributed by atoms with Gasteiger partial charge in [-0.3, -0.25) is 19.3 Å². The Hall–Kier alpha value is -3.41. The van der Waals surface area contributed by atoms with Gasteiger partial charge in [0.05, 0.1) is 18.2 Å². The first-order chi connectivity index (χ1) is 12.6. The third kappa shape index (κ3) is 2.47. The fourth-order valence-electron chi connectivity index (χ4n) is 3.22. The Morgan fingerprint density at radius 1 is 0.885 bits per heavy atom. The van der Waals surface area contributed by atoms with Crippen LogP contribution in [0.4, 0.5) is 0 Å². The number of hydrogen-bond acceptors (Lipinski definition) is 4. The molecule has 0 radical (unpaired) electrons. The van der Waals surface area contributed by atoms with E-state index in [2.05, 4.69) is 0 Å². The second-order valence-corrected chi connectivity index (χ2v) is 6.07. The zero-order valence-corrected chi connectivity index (χ0v) is 14.1. The van der Waals surface area contributed by atoms with Crippen molar-refractivity contribution in [3.63, 3.8) is 0 Å². The summed E-state index contributed by atoms with van der Waals surface area (Å²) >= 11 is 0. The zero-order valence-electron chi connectivity index (χ0n) is 14.1. The number of rotatable bonds is 4.